The van der Waals surface area contributed by atoms with E-state index in [-0.39, 0.29) is 25.9 Å². The Labute approximate surface area is 425 Å². The van der Waals surface area contributed by atoms with E-state index < -0.39 is 57.8 Å². The summed E-state index contributed by atoms with van der Waals surface area (Å²) in [6.07, 6.45) is 60.7. The highest BCUT2D eigenvalue weighted by atomic mass is 31.2. The maximum atomic E-state index is 12.8. The van der Waals surface area contributed by atoms with Crippen LogP contribution in [0.3, 0.4) is 0 Å². The summed E-state index contributed by atoms with van der Waals surface area (Å²) in [4.78, 5) is 48.3. The predicted molar refractivity (Wildman–Crippen MR) is 288 cm³/mol. The summed E-state index contributed by atoms with van der Waals surface area (Å²) >= 11 is 0. The Bertz CT molecular complexity index is 1590. The molecular weight excluding hydrogens is 904 g/mol. The van der Waals surface area contributed by atoms with Crippen LogP contribution in [0.15, 0.2) is 109 Å². The smallest absolute Gasteiger partial charge is 0.462 e. The number of ether oxygens (including phenoxy) is 3. The van der Waals surface area contributed by atoms with E-state index in [2.05, 4.69) is 130 Å². The van der Waals surface area contributed by atoms with Crippen LogP contribution in [0.4, 0.5) is 0 Å². The van der Waals surface area contributed by atoms with Gasteiger partial charge >= 0.3 is 25.7 Å². The van der Waals surface area contributed by atoms with Gasteiger partial charge in [-0.3, -0.25) is 23.4 Å². The largest absolute Gasteiger partial charge is 0.472 e. The summed E-state index contributed by atoms with van der Waals surface area (Å²) in [7, 11) is -4.76. The third-order valence-electron chi connectivity index (χ3n) is 10.7. The van der Waals surface area contributed by atoms with E-state index in [9.17, 15) is 28.9 Å². The number of hydrogen-bond acceptors (Lipinski definition) is 10. The molecular formula is C58H95O11P. The quantitative estimate of drug-likeness (QED) is 0.0197. The molecule has 0 spiro atoms. The number of phosphoric ester groups is 1. The Morgan fingerprint density at radius 1 is 0.414 bits per heavy atom. The van der Waals surface area contributed by atoms with Crippen molar-refractivity contribution in [3.05, 3.63) is 109 Å². The zero-order valence-electron chi connectivity index (χ0n) is 43.7. The summed E-state index contributed by atoms with van der Waals surface area (Å²) < 4.78 is 39.3. The Morgan fingerprint density at radius 2 is 0.743 bits per heavy atom. The third-order valence-corrected chi connectivity index (χ3v) is 11.6. The lowest BCUT2D eigenvalue weighted by Gasteiger charge is -2.21. The topological polar surface area (TPSA) is 155 Å². The number of carbonyl (C=O) groups excluding carboxylic acids is 3. The van der Waals surface area contributed by atoms with E-state index in [4.69, 9.17) is 23.3 Å². The third kappa shape index (κ3) is 49.1. The minimum absolute atomic E-state index is 0.103. The zero-order valence-corrected chi connectivity index (χ0v) is 44.6. The van der Waals surface area contributed by atoms with E-state index in [1.807, 2.05) is 0 Å². The van der Waals surface area contributed by atoms with Crippen LogP contribution in [0.1, 0.15) is 201 Å². The van der Waals surface area contributed by atoms with Crippen LogP contribution in [0.5, 0.6) is 0 Å². The molecule has 0 aromatic carbocycles. The van der Waals surface area contributed by atoms with Crippen LogP contribution < -0.4 is 0 Å². The summed E-state index contributed by atoms with van der Waals surface area (Å²) in [6, 6.07) is 0. The molecule has 0 aromatic heterocycles. The highest BCUT2D eigenvalue weighted by molar-refractivity contribution is 7.47. The predicted octanol–water partition coefficient (Wildman–Crippen LogP) is 15.5. The van der Waals surface area contributed by atoms with E-state index in [1.54, 1.807) is 0 Å². The van der Waals surface area contributed by atoms with Crippen molar-refractivity contribution >= 4 is 25.7 Å². The first-order chi connectivity index (χ1) is 34.2. The second kappa shape index (κ2) is 51.5. The van der Waals surface area contributed by atoms with Gasteiger partial charge in [0.15, 0.2) is 6.10 Å². The number of carbonyl (C=O) groups is 3. The van der Waals surface area contributed by atoms with Gasteiger partial charge in [0, 0.05) is 19.3 Å². The molecule has 398 valence electrons. The van der Waals surface area contributed by atoms with Gasteiger partial charge in [0.1, 0.15) is 12.7 Å². The minimum atomic E-state index is -4.76. The Balaban J connectivity index is 4.86. The molecule has 2 N–H and O–H groups in total. The maximum absolute atomic E-state index is 12.8. The van der Waals surface area contributed by atoms with Gasteiger partial charge < -0.3 is 24.2 Å². The number of esters is 3. The number of unbranched alkanes of at least 4 members (excludes halogenated alkanes) is 13. The summed E-state index contributed by atoms with van der Waals surface area (Å²) in [5.74, 6) is -1.57. The molecule has 0 heterocycles. The molecule has 3 atom stereocenters. The van der Waals surface area contributed by atoms with Crippen molar-refractivity contribution in [1.82, 2.24) is 0 Å². The van der Waals surface area contributed by atoms with Gasteiger partial charge in [-0.1, -0.05) is 188 Å². The first-order valence-electron chi connectivity index (χ1n) is 26.8. The van der Waals surface area contributed by atoms with Crippen LogP contribution >= 0.6 is 7.82 Å². The van der Waals surface area contributed by atoms with Gasteiger partial charge in [-0.15, -0.1) is 0 Å². The molecule has 0 rings (SSSR count). The molecule has 0 amide bonds. The van der Waals surface area contributed by atoms with Crippen molar-refractivity contribution in [1.29, 1.82) is 0 Å². The van der Waals surface area contributed by atoms with Gasteiger partial charge in [-0.05, 0) is 103 Å². The molecule has 0 saturated heterocycles. The van der Waals surface area contributed by atoms with Crippen LogP contribution in [-0.4, -0.2) is 66.5 Å². The first-order valence-corrected chi connectivity index (χ1v) is 28.3. The lowest BCUT2D eigenvalue weighted by atomic mass is 10.1. The highest BCUT2D eigenvalue weighted by Gasteiger charge is 2.28. The van der Waals surface area contributed by atoms with E-state index >= 15 is 0 Å². The van der Waals surface area contributed by atoms with Crippen LogP contribution in [-0.2, 0) is 42.2 Å². The molecule has 0 radical (unpaired) electrons. The van der Waals surface area contributed by atoms with Crippen LogP contribution in [0.2, 0.25) is 0 Å². The van der Waals surface area contributed by atoms with Gasteiger partial charge in [0.25, 0.3) is 0 Å². The van der Waals surface area contributed by atoms with Crippen molar-refractivity contribution in [3.63, 3.8) is 0 Å². The molecule has 0 saturated carbocycles. The number of allylic oxidation sites excluding steroid dienone is 18. The van der Waals surface area contributed by atoms with E-state index in [1.165, 1.54) is 32.1 Å². The molecule has 70 heavy (non-hydrogen) atoms. The average molecular weight is 999 g/mol. The van der Waals surface area contributed by atoms with Crippen molar-refractivity contribution in [2.45, 2.75) is 213 Å². The highest BCUT2D eigenvalue weighted by Crippen LogP contribution is 2.43. The fourth-order valence-corrected chi connectivity index (χ4v) is 7.45. The Kier molecular flexibility index (Phi) is 48.7. The number of aliphatic hydroxyl groups excluding tert-OH is 1. The molecule has 11 nitrogen and oxygen atoms in total. The lowest BCUT2D eigenvalue weighted by molar-refractivity contribution is -0.161. The fourth-order valence-electron chi connectivity index (χ4n) is 6.67. The van der Waals surface area contributed by atoms with Crippen molar-refractivity contribution in [2.75, 3.05) is 26.4 Å². The Hall–Kier alpha value is -3.86. The molecule has 0 aliphatic heterocycles. The van der Waals surface area contributed by atoms with Gasteiger partial charge in [-0.2, -0.15) is 0 Å². The first kappa shape index (κ1) is 66.1. The normalized spacial score (nSPS) is 14.3. The summed E-state index contributed by atoms with van der Waals surface area (Å²) in [6.45, 7) is 4.28. The number of aliphatic hydroxyl groups is 1. The van der Waals surface area contributed by atoms with E-state index in [0.717, 1.165) is 109 Å². The molecule has 0 aromatic rings. The van der Waals surface area contributed by atoms with Gasteiger partial charge in [0.2, 0.25) is 0 Å². The number of hydrogen-bond donors (Lipinski definition) is 2. The molecule has 0 aliphatic rings. The monoisotopic (exact) mass is 999 g/mol. The van der Waals surface area contributed by atoms with Crippen LogP contribution in [0.25, 0.3) is 0 Å². The van der Waals surface area contributed by atoms with Gasteiger partial charge in [-0.25, -0.2) is 4.57 Å². The lowest BCUT2D eigenvalue weighted by Crippen LogP contribution is -2.30. The standard InChI is InChI=1S/C58H95O11P/c1-4-7-10-13-16-19-21-23-25-26-27-28-30-31-33-36-38-41-44-47-56(60)65-51-55(69-58(62)49-46-43-40-37-34-32-29-24-22-20-17-14-11-8-5-2)53-67-70(63,64)66-52-54(50-59)68-57(61)48-45-42-39-35-18-15-12-9-6-3/h7-8,10-11,16-17,19-20,23-25,27-29,31,33-34,37,54-55,59H,4-6,9,12-15,18,21-22,26,30,32,35-36,38-53H2,1-3H3,(H,63,64)/b10-7-,11-8-,19-16-,20-17-,25-23-,28-27-,29-24-,33-31-,37-34-. The van der Waals surface area contributed by atoms with Crippen molar-refractivity contribution < 1.29 is 52.2 Å². The number of phosphoric acid groups is 1. The van der Waals surface area contributed by atoms with Crippen molar-refractivity contribution in [3.8, 4) is 0 Å². The molecule has 0 bridgehead atoms. The summed E-state index contributed by atoms with van der Waals surface area (Å²) in [5.41, 5.74) is 0. The van der Waals surface area contributed by atoms with Crippen molar-refractivity contribution in [2.24, 2.45) is 0 Å². The maximum Gasteiger partial charge on any atom is 0.472 e. The average Bonchev–Trinajstić information content (AvgIpc) is 3.35. The summed E-state index contributed by atoms with van der Waals surface area (Å²) in [5, 5.41) is 9.75. The molecule has 3 unspecified atom stereocenters. The Morgan fingerprint density at radius 3 is 1.17 bits per heavy atom. The van der Waals surface area contributed by atoms with E-state index in [0.29, 0.717) is 19.3 Å². The fraction of sp³-hybridized carbons (Fsp3) is 0.638. The second-order valence-electron chi connectivity index (χ2n) is 17.3. The molecule has 12 heteroatoms. The number of rotatable bonds is 48. The van der Waals surface area contributed by atoms with Gasteiger partial charge in [0.05, 0.1) is 19.8 Å². The zero-order chi connectivity index (χ0) is 51.3. The van der Waals surface area contributed by atoms with Crippen LogP contribution in [0, 0.1) is 0 Å². The SMILES string of the molecule is CC/C=C\C/C=C\C/C=C\C/C=C\C/C=C\CCCCCC(=O)OCC(COP(=O)(O)OCC(CO)OC(=O)CCCCCCCCCCC)OC(=O)CCCC/C=C\C/C=C\C/C=C\C/C=C\CC. The second-order valence-corrected chi connectivity index (χ2v) is 18.7. The minimum Gasteiger partial charge on any atom is -0.462 e. The molecule has 0 fully saturated rings. The molecule has 0 aliphatic carbocycles.